The van der Waals surface area contributed by atoms with Crippen molar-refractivity contribution in [1.82, 2.24) is 10.6 Å². The fraction of sp³-hybridized carbons (Fsp3) is 0.900. The van der Waals surface area contributed by atoms with Crippen molar-refractivity contribution in [1.29, 1.82) is 0 Å². The molecule has 0 saturated carbocycles. The Morgan fingerprint density at radius 3 is 3.07 bits per heavy atom. The number of aliphatic hydroxyl groups is 1. The van der Waals surface area contributed by atoms with Crippen LogP contribution in [0, 0.1) is 5.92 Å². The number of amides is 1. The molecular weight excluding hydrogens is 180 g/mol. The van der Waals surface area contributed by atoms with E-state index in [-0.39, 0.29) is 5.91 Å². The summed E-state index contributed by atoms with van der Waals surface area (Å²) in [6.45, 7) is 4.16. The third kappa shape index (κ3) is 4.58. The molecule has 1 saturated heterocycles. The van der Waals surface area contributed by atoms with Gasteiger partial charge in [-0.1, -0.05) is 0 Å². The van der Waals surface area contributed by atoms with Crippen LogP contribution >= 0.6 is 0 Å². The van der Waals surface area contributed by atoms with Gasteiger partial charge in [0.1, 0.15) is 0 Å². The molecule has 14 heavy (non-hydrogen) atoms. The highest BCUT2D eigenvalue weighted by molar-refractivity contribution is 5.75. The number of hydrogen-bond donors (Lipinski definition) is 3. The van der Waals surface area contributed by atoms with Crippen LogP contribution in [0.1, 0.15) is 26.2 Å². The number of carbonyl (C=O) groups is 1. The van der Waals surface area contributed by atoms with E-state index in [0.29, 0.717) is 18.9 Å². The molecule has 2 atom stereocenters. The Morgan fingerprint density at radius 1 is 1.71 bits per heavy atom. The Morgan fingerprint density at radius 2 is 2.50 bits per heavy atom. The monoisotopic (exact) mass is 200 g/mol. The van der Waals surface area contributed by atoms with E-state index in [4.69, 9.17) is 5.11 Å². The van der Waals surface area contributed by atoms with Gasteiger partial charge in [0.15, 0.2) is 0 Å². The Bertz CT molecular complexity index is 177. The normalized spacial score (nSPS) is 23.4. The van der Waals surface area contributed by atoms with Crippen LogP contribution in [-0.4, -0.2) is 36.8 Å². The molecule has 1 rings (SSSR count). The largest absolute Gasteiger partial charge is 0.392 e. The number of carbonyl (C=O) groups excluding carboxylic acids is 1. The summed E-state index contributed by atoms with van der Waals surface area (Å²) in [6.07, 6.45) is 2.27. The van der Waals surface area contributed by atoms with Crippen LogP contribution in [0.2, 0.25) is 0 Å². The van der Waals surface area contributed by atoms with E-state index in [1.165, 1.54) is 6.42 Å². The molecule has 1 amide bonds. The number of rotatable bonds is 5. The lowest BCUT2D eigenvalue weighted by atomic mass is 10.0. The molecule has 1 fully saturated rings. The van der Waals surface area contributed by atoms with Crippen molar-refractivity contribution < 1.29 is 9.90 Å². The topological polar surface area (TPSA) is 61.4 Å². The van der Waals surface area contributed by atoms with E-state index in [1.54, 1.807) is 6.92 Å². The zero-order valence-corrected chi connectivity index (χ0v) is 8.75. The summed E-state index contributed by atoms with van der Waals surface area (Å²) < 4.78 is 0. The maximum Gasteiger partial charge on any atom is 0.220 e. The highest BCUT2D eigenvalue weighted by Gasteiger charge is 2.15. The highest BCUT2D eigenvalue weighted by atomic mass is 16.3. The lowest BCUT2D eigenvalue weighted by Gasteiger charge is -2.09. The molecule has 0 spiro atoms. The van der Waals surface area contributed by atoms with Crippen molar-refractivity contribution in [2.75, 3.05) is 19.6 Å². The van der Waals surface area contributed by atoms with Crippen molar-refractivity contribution in [2.45, 2.75) is 32.3 Å². The quantitative estimate of drug-likeness (QED) is 0.579. The van der Waals surface area contributed by atoms with Crippen molar-refractivity contribution in [3.8, 4) is 0 Å². The Labute approximate surface area is 85.1 Å². The van der Waals surface area contributed by atoms with Crippen molar-refractivity contribution >= 4 is 5.91 Å². The maximum atomic E-state index is 11.3. The van der Waals surface area contributed by atoms with Gasteiger partial charge in [-0.3, -0.25) is 4.79 Å². The van der Waals surface area contributed by atoms with Gasteiger partial charge in [-0.2, -0.15) is 0 Å². The summed E-state index contributed by atoms with van der Waals surface area (Å²) in [5.41, 5.74) is 0. The van der Waals surface area contributed by atoms with Crippen molar-refractivity contribution in [2.24, 2.45) is 5.92 Å². The average molecular weight is 200 g/mol. The molecule has 4 heteroatoms. The van der Waals surface area contributed by atoms with E-state index >= 15 is 0 Å². The van der Waals surface area contributed by atoms with Crippen LogP contribution in [0.5, 0.6) is 0 Å². The van der Waals surface area contributed by atoms with Crippen LogP contribution in [0.3, 0.4) is 0 Å². The maximum absolute atomic E-state index is 11.3. The van der Waals surface area contributed by atoms with Gasteiger partial charge in [0.2, 0.25) is 5.91 Å². The molecule has 1 heterocycles. The Hall–Kier alpha value is -0.610. The second-order valence-corrected chi connectivity index (χ2v) is 4.05. The Kier molecular flexibility index (Phi) is 4.90. The molecule has 3 N–H and O–H groups in total. The minimum absolute atomic E-state index is 0.0535. The molecule has 1 aliphatic rings. The molecule has 0 aromatic heterocycles. The summed E-state index contributed by atoms with van der Waals surface area (Å²) in [5.74, 6) is 0.713. The minimum Gasteiger partial charge on any atom is -0.392 e. The van der Waals surface area contributed by atoms with Crippen molar-refractivity contribution in [3.63, 3.8) is 0 Å². The SMILES string of the molecule is CC(O)CNC(=O)CCC1CCNC1. The summed E-state index contributed by atoms with van der Waals surface area (Å²) >= 11 is 0. The summed E-state index contributed by atoms with van der Waals surface area (Å²) in [4.78, 5) is 11.3. The molecule has 0 aromatic rings. The lowest BCUT2D eigenvalue weighted by Crippen LogP contribution is -2.30. The third-order valence-corrected chi connectivity index (χ3v) is 2.54. The predicted octanol–water partition coefficient (Wildman–Crippen LogP) is -0.127. The minimum atomic E-state index is -0.452. The van der Waals surface area contributed by atoms with Gasteiger partial charge in [0.25, 0.3) is 0 Å². The van der Waals surface area contributed by atoms with Gasteiger partial charge >= 0.3 is 0 Å². The summed E-state index contributed by atoms with van der Waals surface area (Å²) in [7, 11) is 0. The molecular formula is C10H20N2O2. The van der Waals surface area contributed by atoms with E-state index in [1.807, 2.05) is 0 Å². The molecule has 2 unspecified atom stereocenters. The number of hydrogen-bond acceptors (Lipinski definition) is 3. The zero-order valence-electron chi connectivity index (χ0n) is 8.75. The van der Waals surface area contributed by atoms with Gasteiger partial charge in [-0.15, -0.1) is 0 Å². The zero-order chi connectivity index (χ0) is 10.4. The standard InChI is InChI=1S/C10H20N2O2/c1-8(13)6-12-10(14)3-2-9-4-5-11-7-9/h8-9,11,13H,2-7H2,1H3,(H,12,14). The van der Waals surface area contributed by atoms with Crippen LogP contribution in [0.4, 0.5) is 0 Å². The van der Waals surface area contributed by atoms with Gasteiger partial charge < -0.3 is 15.7 Å². The van der Waals surface area contributed by atoms with Crippen LogP contribution in [0.25, 0.3) is 0 Å². The molecule has 1 aliphatic heterocycles. The molecule has 82 valence electrons. The van der Waals surface area contributed by atoms with Crippen LogP contribution in [-0.2, 0) is 4.79 Å². The lowest BCUT2D eigenvalue weighted by molar-refractivity contribution is -0.121. The molecule has 0 aromatic carbocycles. The van der Waals surface area contributed by atoms with Gasteiger partial charge in [-0.05, 0) is 38.8 Å². The summed E-state index contributed by atoms with van der Waals surface area (Å²) in [5, 5.41) is 14.9. The van der Waals surface area contributed by atoms with E-state index < -0.39 is 6.10 Å². The first-order chi connectivity index (χ1) is 6.68. The van der Waals surface area contributed by atoms with E-state index in [9.17, 15) is 4.79 Å². The van der Waals surface area contributed by atoms with Gasteiger partial charge in [-0.25, -0.2) is 0 Å². The second-order valence-electron chi connectivity index (χ2n) is 4.05. The molecule has 0 aliphatic carbocycles. The highest BCUT2D eigenvalue weighted by Crippen LogP contribution is 2.13. The Balaban J connectivity index is 2.02. The fourth-order valence-electron chi connectivity index (χ4n) is 1.65. The first-order valence-corrected chi connectivity index (χ1v) is 5.34. The smallest absolute Gasteiger partial charge is 0.220 e. The predicted molar refractivity (Wildman–Crippen MR) is 54.9 cm³/mol. The van der Waals surface area contributed by atoms with Gasteiger partial charge in [0.05, 0.1) is 6.10 Å². The second kappa shape index (κ2) is 5.98. The molecule has 4 nitrogen and oxygen atoms in total. The van der Waals surface area contributed by atoms with E-state index in [0.717, 1.165) is 19.5 Å². The fourth-order valence-corrected chi connectivity index (χ4v) is 1.65. The molecule has 0 bridgehead atoms. The van der Waals surface area contributed by atoms with Crippen LogP contribution in [0.15, 0.2) is 0 Å². The van der Waals surface area contributed by atoms with E-state index in [2.05, 4.69) is 10.6 Å². The number of nitrogens with one attached hydrogen (secondary N) is 2. The third-order valence-electron chi connectivity index (χ3n) is 2.54. The average Bonchev–Trinajstić information content (AvgIpc) is 2.63. The van der Waals surface area contributed by atoms with Crippen LogP contribution < -0.4 is 10.6 Å². The number of aliphatic hydroxyl groups excluding tert-OH is 1. The van der Waals surface area contributed by atoms with Crippen molar-refractivity contribution in [3.05, 3.63) is 0 Å². The van der Waals surface area contributed by atoms with Gasteiger partial charge in [0, 0.05) is 13.0 Å². The molecule has 0 radical (unpaired) electrons. The first kappa shape index (κ1) is 11.5. The summed E-state index contributed by atoms with van der Waals surface area (Å²) in [6, 6.07) is 0. The first-order valence-electron chi connectivity index (χ1n) is 5.34.